The van der Waals surface area contributed by atoms with Crippen LogP contribution < -0.4 is 0 Å². The van der Waals surface area contributed by atoms with Crippen molar-refractivity contribution in [1.82, 2.24) is 0 Å². The van der Waals surface area contributed by atoms with Gasteiger partial charge in [0.05, 0.1) is 16.8 Å². The van der Waals surface area contributed by atoms with Gasteiger partial charge in [0, 0.05) is 4.70 Å². The first kappa shape index (κ1) is 9.45. The van der Waals surface area contributed by atoms with E-state index >= 15 is 0 Å². The highest BCUT2D eigenvalue weighted by atomic mass is 35.5. The molecule has 0 unspecified atom stereocenters. The van der Waals surface area contributed by atoms with E-state index in [0.717, 1.165) is 10.1 Å². The van der Waals surface area contributed by atoms with Gasteiger partial charge in [0.15, 0.2) is 0 Å². The number of thiophene rings is 1. The van der Waals surface area contributed by atoms with Crippen molar-refractivity contribution in [3.8, 4) is 6.07 Å². The highest BCUT2D eigenvalue weighted by Crippen LogP contribution is 2.32. The first-order chi connectivity index (χ1) is 6.70. The SMILES string of the molecule is N#CCc1cc(F)cc2cc(Cl)sc12. The van der Waals surface area contributed by atoms with E-state index in [1.54, 1.807) is 6.07 Å². The van der Waals surface area contributed by atoms with Gasteiger partial charge in [-0.05, 0) is 29.1 Å². The normalized spacial score (nSPS) is 10.4. The van der Waals surface area contributed by atoms with Crippen LogP contribution in [0.4, 0.5) is 4.39 Å². The number of hydrogen-bond donors (Lipinski definition) is 0. The van der Waals surface area contributed by atoms with Crippen molar-refractivity contribution < 1.29 is 4.39 Å². The fraction of sp³-hybridized carbons (Fsp3) is 0.100. The summed E-state index contributed by atoms with van der Waals surface area (Å²) in [6.07, 6.45) is 0.213. The molecule has 0 amide bonds. The van der Waals surface area contributed by atoms with Gasteiger partial charge >= 0.3 is 0 Å². The average Bonchev–Trinajstić information content (AvgIpc) is 2.45. The topological polar surface area (TPSA) is 23.8 Å². The number of hydrogen-bond acceptors (Lipinski definition) is 2. The molecular weight excluding hydrogens is 221 g/mol. The smallest absolute Gasteiger partial charge is 0.124 e. The second-order valence-corrected chi connectivity index (χ2v) is 4.55. The number of nitriles is 1. The van der Waals surface area contributed by atoms with Crippen LogP contribution in [0.25, 0.3) is 10.1 Å². The Kier molecular flexibility index (Phi) is 2.40. The summed E-state index contributed by atoms with van der Waals surface area (Å²) in [5.74, 6) is -0.322. The van der Waals surface area contributed by atoms with Crippen molar-refractivity contribution in [1.29, 1.82) is 5.26 Å². The van der Waals surface area contributed by atoms with E-state index in [9.17, 15) is 4.39 Å². The molecule has 0 saturated heterocycles. The monoisotopic (exact) mass is 225 g/mol. The molecule has 0 aliphatic heterocycles. The standard InChI is InChI=1S/C10H5ClFNS/c11-9-5-7-4-8(12)3-6(1-2-13)10(7)14-9/h3-5H,1H2. The molecule has 0 aliphatic rings. The zero-order valence-electron chi connectivity index (χ0n) is 7.05. The number of nitrogens with zero attached hydrogens (tertiary/aromatic N) is 1. The predicted molar refractivity (Wildman–Crippen MR) is 56.1 cm³/mol. The molecule has 0 aliphatic carbocycles. The van der Waals surface area contributed by atoms with Crippen LogP contribution in [0.3, 0.4) is 0 Å². The Balaban J connectivity index is 2.74. The molecule has 1 nitrogen and oxygen atoms in total. The molecule has 1 aromatic carbocycles. The van der Waals surface area contributed by atoms with Crippen LogP contribution in [0, 0.1) is 17.1 Å². The first-order valence-electron chi connectivity index (χ1n) is 3.95. The van der Waals surface area contributed by atoms with Crippen LogP contribution >= 0.6 is 22.9 Å². The molecule has 0 bridgehead atoms. The molecule has 0 saturated carbocycles. The van der Waals surface area contributed by atoms with Gasteiger partial charge in [-0.1, -0.05) is 11.6 Å². The van der Waals surface area contributed by atoms with E-state index in [4.69, 9.17) is 16.9 Å². The van der Waals surface area contributed by atoms with Gasteiger partial charge in [0.25, 0.3) is 0 Å². The summed E-state index contributed by atoms with van der Waals surface area (Å²) in [4.78, 5) is 0. The molecule has 0 N–H and O–H groups in total. The maximum absolute atomic E-state index is 13.1. The summed E-state index contributed by atoms with van der Waals surface area (Å²) < 4.78 is 14.6. The van der Waals surface area contributed by atoms with Gasteiger partial charge in [-0.15, -0.1) is 11.3 Å². The molecule has 1 aromatic heterocycles. The number of rotatable bonds is 1. The molecule has 4 heteroatoms. The van der Waals surface area contributed by atoms with Crippen molar-refractivity contribution in [3.05, 3.63) is 33.9 Å². The quantitative estimate of drug-likeness (QED) is 0.725. The molecule has 0 atom stereocenters. The van der Waals surface area contributed by atoms with Crippen molar-refractivity contribution >= 4 is 33.0 Å². The molecule has 1 heterocycles. The van der Waals surface area contributed by atoms with Gasteiger partial charge in [-0.25, -0.2) is 4.39 Å². The van der Waals surface area contributed by atoms with Crippen LogP contribution in [0.2, 0.25) is 4.34 Å². The summed E-state index contributed by atoms with van der Waals surface area (Å²) in [5.41, 5.74) is 0.708. The van der Waals surface area contributed by atoms with Gasteiger partial charge in [-0.3, -0.25) is 0 Å². The minimum absolute atomic E-state index is 0.213. The zero-order valence-corrected chi connectivity index (χ0v) is 8.62. The van der Waals surface area contributed by atoms with Crippen LogP contribution in [0.5, 0.6) is 0 Å². The van der Waals surface area contributed by atoms with Crippen molar-refractivity contribution in [2.24, 2.45) is 0 Å². The van der Waals surface area contributed by atoms with Crippen LogP contribution in [-0.4, -0.2) is 0 Å². The minimum atomic E-state index is -0.322. The van der Waals surface area contributed by atoms with E-state index in [1.807, 2.05) is 6.07 Å². The van der Waals surface area contributed by atoms with Gasteiger partial charge in [0.2, 0.25) is 0 Å². The molecule has 0 radical (unpaired) electrons. The lowest BCUT2D eigenvalue weighted by atomic mass is 10.1. The second-order valence-electron chi connectivity index (χ2n) is 2.87. The fourth-order valence-corrected chi connectivity index (χ4v) is 2.60. The lowest BCUT2D eigenvalue weighted by Crippen LogP contribution is -1.83. The summed E-state index contributed by atoms with van der Waals surface area (Å²) in [7, 11) is 0. The lowest BCUT2D eigenvalue weighted by Gasteiger charge is -1.97. The Morgan fingerprint density at radius 2 is 2.21 bits per heavy atom. The molecule has 0 spiro atoms. The maximum Gasteiger partial charge on any atom is 0.124 e. The largest absolute Gasteiger partial charge is 0.207 e. The van der Waals surface area contributed by atoms with Crippen LogP contribution in [0.15, 0.2) is 18.2 Å². The summed E-state index contributed by atoms with van der Waals surface area (Å²) in [6, 6.07) is 6.54. The first-order valence-corrected chi connectivity index (χ1v) is 5.14. The van der Waals surface area contributed by atoms with Crippen molar-refractivity contribution in [2.75, 3.05) is 0 Å². The third kappa shape index (κ3) is 1.59. The summed E-state index contributed by atoms with van der Waals surface area (Å²) >= 11 is 7.20. The fourth-order valence-electron chi connectivity index (χ4n) is 1.37. The molecule has 14 heavy (non-hydrogen) atoms. The summed E-state index contributed by atoms with van der Waals surface area (Å²) in [5, 5.41) is 9.34. The van der Waals surface area contributed by atoms with E-state index in [1.165, 1.54) is 23.5 Å². The van der Waals surface area contributed by atoms with E-state index < -0.39 is 0 Å². The number of fused-ring (bicyclic) bond motifs is 1. The third-order valence-corrected chi connectivity index (χ3v) is 3.25. The Hall–Kier alpha value is -1.11. The Labute approximate surface area is 89.3 Å². The zero-order chi connectivity index (χ0) is 10.1. The van der Waals surface area contributed by atoms with Crippen molar-refractivity contribution in [2.45, 2.75) is 6.42 Å². The molecule has 2 rings (SSSR count). The van der Waals surface area contributed by atoms with Gasteiger partial charge < -0.3 is 0 Å². The second kappa shape index (κ2) is 3.56. The van der Waals surface area contributed by atoms with Crippen LogP contribution in [-0.2, 0) is 6.42 Å². The third-order valence-electron chi connectivity index (χ3n) is 1.90. The van der Waals surface area contributed by atoms with Gasteiger partial charge in [0.1, 0.15) is 5.82 Å². The van der Waals surface area contributed by atoms with E-state index in [0.29, 0.717) is 9.90 Å². The highest BCUT2D eigenvalue weighted by molar-refractivity contribution is 7.22. The molecule has 70 valence electrons. The molecular formula is C10H5ClFNS. The van der Waals surface area contributed by atoms with E-state index in [-0.39, 0.29) is 12.2 Å². The van der Waals surface area contributed by atoms with Crippen LogP contribution in [0.1, 0.15) is 5.56 Å². The molecule has 2 aromatic rings. The Morgan fingerprint density at radius 1 is 1.43 bits per heavy atom. The average molecular weight is 226 g/mol. The Bertz CT molecular complexity index is 527. The van der Waals surface area contributed by atoms with E-state index in [2.05, 4.69) is 0 Å². The van der Waals surface area contributed by atoms with Crippen molar-refractivity contribution in [3.63, 3.8) is 0 Å². The number of halogens is 2. The molecule has 0 fully saturated rings. The minimum Gasteiger partial charge on any atom is -0.207 e. The lowest BCUT2D eigenvalue weighted by molar-refractivity contribution is 0.628. The Morgan fingerprint density at radius 3 is 2.93 bits per heavy atom. The predicted octanol–water partition coefficient (Wildman–Crippen LogP) is 3.76. The van der Waals surface area contributed by atoms with Gasteiger partial charge in [-0.2, -0.15) is 5.26 Å². The maximum atomic E-state index is 13.1. The summed E-state index contributed by atoms with van der Waals surface area (Å²) in [6.45, 7) is 0. The number of benzene rings is 1. The highest BCUT2D eigenvalue weighted by Gasteiger charge is 2.07.